The van der Waals surface area contributed by atoms with Crippen molar-refractivity contribution < 1.29 is 14.4 Å². The Hall–Kier alpha value is -4.99. The SMILES string of the molecule is O=C(CCn1[nH]c(=O)c2ccccc2c1=O)Nc1ccc(C(=O)N2CC(=O)Nc3ccccc32)cc1. The molecule has 5 rings (SSSR count). The Balaban J connectivity index is 1.25. The number of hydrogen-bond donors (Lipinski definition) is 3. The number of nitrogens with zero attached hydrogens (tertiary/aromatic N) is 2. The fraction of sp³-hybridized carbons (Fsp3) is 0.115. The number of para-hydroxylation sites is 2. The van der Waals surface area contributed by atoms with E-state index in [0.717, 1.165) is 4.68 Å². The molecule has 2 heterocycles. The van der Waals surface area contributed by atoms with Crippen molar-refractivity contribution in [3.05, 3.63) is 99.1 Å². The van der Waals surface area contributed by atoms with E-state index < -0.39 is 5.56 Å². The zero-order valence-electron chi connectivity index (χ0n) is 19.0. The van der Waals surface area contributed by atoms with E-state index in [2.05, 4.69) is 15.7 Å². The molecule has 3 aromatic carbocycles. The first-order valence-corrected chi connectivity index (χ1v) is 11.2. The molecule has 0 spiro atoms. The molecule has 36 heavy (non-hydrogen) atoms. The predicted molar refractivity (Wildman–Crippen MR) is 135 cm³/mol. The number of aryl methyl sites for hydroxylation is 1. The Labute approximate surface area is 204 Å². The van der Waals surface area contributed by atoms with Gasteiger partial charge in [0.05, 0.1) is 28.7 Å². The van der Waals surface area contributed by atoms with Crippen LogP contribution in [0.3, 0.4) is 0 Å². The van der Waals surface area contributed by atoms with Crippen molar-refractivity contribution in [3.63, 3.8) is 0 Å². The maximum absolute atomic E-state index is 13.1. The Morgan fingerprint density at radius 1 is 0.861 bits per heavy atom. The number of rotatable bonds is 5. The third kappa shape index (κ3) is 4.39. The zero-order valence-corrected chi connectivity index (χ0v) is 19.0. The lowest BCUT2D eigenvalue weighted by Crippen LogP contribution is -2.42. The number of aromatic amines is 1. The molecule has 4 aromatic rings. The van der Waals surface area contributed by atoms with Gasteiger partial charge in [0.2, 0.25) is 11.8 Å². The summed E-state index contributed by atoms with van der Waals surface area (Å²) in [6.07, 6.45) is -0.0471. The molecule has 0 aliphatic carbocycles. The third-order valence-electron chi connectivity index (χ3n) is 5.88. The molecule has 3 N–H and O–H groups in total. The first-order valence-electron chi connectivity index (χ1n) is 11.2. The van der Waals surface area contributed by atoms with Gasteiger partial charge in [0.15, 0.2) is 0 Å². The van der Waals surface area contributed by atoms with E-state index in [-0.39, 0.29) is 48.2 Å². The molecule has 1 aromatic heterocycles. The van der Waals surface area contributed by atoms with Gasteiger partial charge in [0, 0.05) is 17.7 Å². The number of hydrogen-bond acceptors (Lipinski definition) is 5. The summed E-state index contributed by atoms with van der Waals surface area (Å²) in [5.74, 6) is -0.982. The molecule has 0 unspecified atom stereocenters. The first kappa shape index (κ1) is 22.8. The Bertz CT molecular complexity index is 1620. The number of anilines is 3. The van der Waals surface area contributed by atoms with Crippen LogP contribution in [0.25, 0.3) is 10.8 Å². The van der Waals surface area contributed by atoms with Gasteiger partial charge in [-0.25, -0.2) is 4.68 Å². The molecular weight excluding hydrogens is 462 g/mol. The Kier molecular flexibility index (Phi) is 5.91. The summed E-state index contributed by atoms with van der Waals surface area (Å²) >= 11 is 0. The van der Waals surface area contributed by atoms with Crippen molar-refractivity contribution in [2.45, 2.75) is 13.0 Å². The summed E-state index contributed by atoms with van der Waals surface area (Å²) in [6, 6.07) is 19.9. The highest BCUT2D eigenvalue weighted by Gasteiger charge is 2.27. The van der Waals surface area contributed by atoms with Gasteiger partial charge in [-0.05, 0) is 48.5 Å². The minimum atomic E-state index is -0.403. The molecule has 0 bridgehead atoms. The van der Waals surface area contributed by atoms with Crippen LogP contribution in [0.2, 0.25) is 0 Å². The zero-order chi connectivity index (χ0) is 25.2. The number of H-pyrrole nitrogens is 1. The van der Waals surface area contributed by atoms with E-state index >= 15 is 0 Å². The molecule has 0 saturated heterocycles. The van der Waals surface area contributed by atoms with Crippen molar-refractivity contribution in [2.75, 3.05) is 22.1 Å². The number of fused-ring (bicyclic) bond motifs is 2. The molecule has 3 amide bonds. The average molecular weight is 483 g/mol. The normalized spacial score (nSPS) is 12.7. The van der Waals surface area contributed by atoms with Crippen LogP contribution < -0.4 is 26.7 Å². The van der Waals surface area contributed by atoms with Crippen LogP contribution in [-0.4, -0.2) is 34.0 Å². The summed E-state index contributed by atoms with van der Waals surface area (Å²) in [5.41, 5.74) is 1.22. The Morgan fingerprint density at radius 3 is 2.33 bits per heavy atom. The van der Waals surface area contributed by atoms with E-state index in [4.69, 9.17) is 0 Å². The molecule has 10 nitrogen and oxygen atoms in total. The maximum Gasteiger partial charge on any atom is 0.273 e. The number of nitrogens with one attached hydrogen (secondary N) is 3. The number of aromatic nitrogens is 2. The average Bonchev–Trinajstić information content (AvgIpc) is 2.89. The van der Waals surface area contributed by atoms with Crippen LogP contribution in [0.4, 0.5) is 17.1 Å². The first-order chi connectivity index (χ1) is 17.4. The second kappa shape index (κ2) is 9.34. The summed E-state index contributed by atoms with van der Waals surface area (Å²) in [6.45, 7) is -0.0949. The van der Waals surface area contributed by atoms with Crippen LogP contribution >= 0.6 is 0 Å². The van der Waals surface area contributed by atoms with Crippen LogP contribution in [0, 0.1) is 0 Å². The van der Waals surface area contributed by atoms with E-state index in [9.17, 15) is 24.0 Å². The van der Waals surface area contributed by atoms with E-state index in [1.165, 1.54) is 4.90 Å². The lowest BCUT2D eigenvalue weighted by atomic mass is 10.1. The summed E-state index contributed by atoms with van der Waals surface area (Å²) in [4.78, 5) is 63.7. The van der Waals surface area contributed by atoms with Crippen LogP contribution in [0.1, 0.15) is 16.8 Å². The molecule has 1 aliphatic heterocycles. The van der Waals surface area contributed by atoms with Gasteiger partial charge in [-0.15, -0.1) is 0 Å². The molecule has 0 saturated carbocycles. The van der Waals surface area contributed by atoms with Crippen molar-refractivity contribution in [1.82, 2.24) is 9.78 Å². The highest BCUT2D eigenvalue weighted by Crippen LogP contribution is 2.30. The van der Waals surface area contributed by atoms with Gasteiger partial charge in [-0.3, -0.25) is 34.0 Å². The molecule has 180 valence electrons. The van der Waals surface area contributed by atoms with Gasteiger partial charge >= 0.3 is 0 Å². The molecule has 1 aliphatic rings. The van der Waals surface area contributed by atoms with E-state index in [1.54, 1.807) is 72.8 Å². The van der Waals surface area contributed by atoms with Crippen molar-refractivity contribution in [3.8, 4) is 0 Å². The molecule has 0 fully saturated rings. The fourth-order valence-electron chi connectivity index (χ4n) is 4.11. The number of benzene rings is 3. The van der Waals surface area contributed by atoms with Crippen molar-refractivity contribution >= 4 is 45.6 Å². The largest absolute Gasteiger partial charge is 0.326 e. The van der Waals surface area contributed by atoms with Crippen LogP contribution in [-0.2, 0) is 16.1 Å². The van der Waals surface area contributed by atoms with E-state index in [0.29, 0.717) is 28.0 Å². The van der Waals surface area contributed by atoms with E-state index in [1.807, 2.05) is 0 Å². The van der Waals surface area contributed by atoms with Crippen LogP contribution in [0.15, 0.2) is 82.4 Å². The van der Waals surface area contributed by atoms with Gasteiger partial charge in [0.1, 0.15) is 6.54 Å². The molecule has 0 radical (unpaired) electrons. The van der Waals surface area contributed by atoms with Gasteiger partial charge < -0.3 is 10.6 Å². The highest BCUT2D eigenvalue weighted by atomic mass is 16.2. The predicted octanol–water partition coefficient (Wildman–Crippen LogP) is 2.32. The lowest BCUT2D eigenvalue weighted by Gasteiger charge is -2.29. The van der Waals surface area contributed by atoms with Crippen molar-refractivity contribution in [1.29, 1.82) is 0 Å². The summed E-state index contributed by atoms with van der Waals surface area (Å²) in [5, 5.41) is 8.54. The topological polar surface area (TPSA) is 133 Å². The van der Waals surface area contributed by atoms with Gasteiger partial charge in [-0.1, -0.05) is 24.3 Å². The standard InChI is InChI=1S/C26H21N5O5/c32-22(13-14-31-26(36)19-6-2-1-5-18(19)24(34)29-31)27-17-11-9-16(10-12-17)25(35)30-15-23(33)28-20-7-3-4-8-21(20)30/h1-12H,13-15H2,(H,27,32)(H,28,33)(H,29,34). The minimum absolute atomic E-state index is 0.00224. The minimum Gasteiger partial charge on any atom is -0.326 e. The van der Waals surface area contributed by atoms with Crippen LogP contribution in [0.5, 0.6) is 0 Å². The summed E-state index contributed by atoms with van der Waals surface area (Å²) in [7, 11) is 0. The highest BCUT2D eigenvalue weighted by molar-refractivity contribution is 6.15. The van der Waals surface area contributed by atoms with Crippen molar-refractivity contribution in [2.24, 2.45) is 0 Å². The third-order valence-corrected chi connectivity index (χ3v) is 5.88. The molecule has 0 atom stereocenters. The summed E-state index contributed by atoms with van der Waals surface area (Å²) < 4.78 is 1.12. The second-order valence-corrected chi connectivity index (χ2v) is 8.28. The number of carbonyl (C=O) groups is 3. The fourth-order valence-corrected chi connectivity index (χ4v) is 4.11. The molecular formula is C26H21N5O5. The maximum atomic E-state index is 13.1. The number of carbonyl (C=O) groups excluding carboxylic acids is 3. The van der Waals surface area contributed by atoms with Gasteiger partial charge in [0.25, 0.3) is 17.0 Å². The quantitative estimate of drug-likeness (QED) is 0.401. The lowest BCUT2D eigenvalue weighted by molar-refractivity contribution is -0.116. The smallest absolute Gasteiger partial charge is 0.273 e. The second-order valence-electron chi connectivity index (χ2n) is 8.28. The Morgan fingerprint density at radius 2 is 1.56 bits per heavy atom. The molecule has 10 heteroatoms. The number of amides is 3. The monoisotopic (exact) mass is 483 g/mol. The van der Waals surface area contributed by atoms with Gasteiger partial charge in [-0.2, -0.15) is 0 Å².